The summed E-state index contributed by atoms with van der Waals surface area (Å²) < 4.78 is 22.9. The van der Waals surface area contributed by atoms with Gasteiger partial charge < -0.3 is 39.8 Å². The van der Waals surface area contributed by atoms with E-state index in [4.69, 9.17) is 18.9 Å². The second-order valence-corrected chi connectivity index (χ2v) is 12.8. The molecule has 3 aliphatic heterocycles. The van der Waals surface area contributed by atoms with Crippen LogP contribution in [0.15, 0.2) is 36.0 Å². The zero-order chi connectivity index (χ0) is 32.8. The fraction of sp³-hybridized carbons (Fsp3) is 0.688. The van der Waals surface area contributed by atoms with Crippen LogP contribution in [0.2, 0.25) is 0 Å². The maximum Gasteiger partial charge on any atom is 0.328 e. The van der Waals surface area contributed by atoms with Crippen molar-refractivity contribution in [1.29, 1.82) is 0 Å². The highest BCUT2D eigenvalue weighted by molar-refractivity contribution is 5.88. The minimum absolute atomic E-state index is 0.0429. The van der Waals surface area contributed by atoms with Crippen LogP contribution in [0, 0.1) is 5.92 Å². The molecule has 1 spiro atoms. The normalized spacial score (nSPS) is 33.3. The number of rotatable bonds is 12. The molecular formula is C32H48N2O10. The monoisotopic (exact) mass is 620 g/mol. The first-order valence-electron chi connectivity index (χ1n) is 15.2. The molecule has 4 N–H and O–H groups in total. The number of carbonyl (C=O) groups excluding carboxylic acids is 3. The van der Waals surface area contributed by atoms with E-state index < -0.39 is 53.4 Å². The quantitative estimate of drug-likeness (QED) is 0.110. The summed E-state index contributed by atoms with van der Waals surface area (Å²) >= 11 is 0. The third-order valence-corrected chi connectivity index (χ3v) is 8.32. The summed E-state index contributed by atoms with van der Waals surface area (Å²) in [5.74, 6) is -2.08. The van der Waals surface area contributed by atoms with Gasteiger partial charge in [0.1, 0.15) is 29.5 Å². The number of esters is 1. The maximum atomic E-state index is 12.5. The molecule has 9 atom stereocenters. The number of ether oxygens (including phenoxy) is 4. The molecule has 3 heterocycles. The number of aliphatic hydroxyl groups excluding tert-OH is 1. The fourth-order valence-electron chi connectivity index (χ4n) is 5.55. The Morgan fingerprint density at radius 1 is 1.14 bits per heavy atom. The minimum atomic E-state index is -1.41. The van der Waals surface area contributed by atoms with Crippen LogP contribution in [-0.4, -0.2) is 94.4 Å². The van der Waals surface area contributed by atoms with Crippen LogP contribution in [0.4, 0.5) is 0 Å². The third-order valence-electron chi connectivity index (χ3n) is 8.32. The van der Waals surface area contributed by atoms with Gasteiger partial charge >= 0.3 is 11.9 Å². The predicted octanol–water partition coefficient (Wildman–Crippen LogP) is 2.34. The van der Waals surface area contributed by atoms with E-state index in [1.807, 2.05) is 19.9 Å². The largest absolute Gasteiger partial charge is 0.480 e. The van der Waals surface area contributed by atoms with Gasteiger partial charge in [-0.25, -0.2) is 4.79 Å². The van der Waals surface area contributed by atoms with Gasteiger partial charge in [0.25, 0.3) is 0 Å². The zero-order valence-corrected chi connectivity index (χ0v) is 26.7. The van der Waals surface area contributed by atoms with E-state index in [9.17, 15) is 29.4 Å². The number of aliphatic carboxylic acids is 1. The van der Waals surface area contributed by atoms with Crippen molar-refractivity contribution in [2.75, 3.05) is 6.61 Å². The van der Waals surface area contributed by atoms with E-state index in [1.165, 1.54) is 32.9 Å². The molecule has 0 saturated carbocycles. The van der Waals surface area contributed by atoms with Crippen LogP contribution < -0.4 is 10.6 Å². The molecule has 2 amide bonds. The average Bonchev–Trinajstić information content (AvgIpc) is 3.68. The molecule has 3 rings (SSSR count). The molecule has 0 aromatic carbocycles. The molecule has 12 heteroatoms. The van der Waals surface area contributed by atoms with Crippen molar-refractivity contribution in [2.45, 2.75) is 128 Å². The van der Waals surface area contributed by atoms with Gasteiger partial charge in [-0.15, -0.1) is 0 Å². The van der Waals surface area contributed by atoms with E-state index >= 15 is 0 Å². The molecule has 3 aliphatic rings. The van der Waals surface area contributed by atoms with Gasteiger partial charge in [-0.05, 0) is 59.5 Å². The first-order chi connectivity index (χ1) is 20.5. The van der Waals surface area contributed by atoms with Crippen molar-refractivity contribution < 1.29 is 48.3 Å². The summed E-state index contributed by atoms with van der Waals surface area (Å²) in [4.78, 5) is 47.3. The van der Waals surface area contributed by atoms with Gasteiger partial charge in [0.2, 0.25) is 11.8 Å². The summed E-state index contributed by atoms with van der Waals surface area (Å²) in [6, 6.07) is -0.153. The molecular weight excluding hydrogens is 572 g/mol. The van der Waals surface area contributed by atoms with Crippen molar-refractivity contribution in [1.82, 2.24) is 10.6 Å². The highest BCUT2D eigenvalue weighted by Gasteiger charge is 2.58. The molecule has 0 radical (unpaired) electrons. The van der Waals surface area contributed by atoms with E-state index in [2.05, 4.69) is 23.6 Å². The molecule has 12 nitrogen and oxygen atoms in total. The van der Waals surface area contributed by atoms with Gasteiger partial charge in [-0.2, -0.15) is 0 Å². The highest BCUT2D eigenvalue weighted by Crippen LogP contribution is 2.43. The van der Waals surface area contributed by atoms with Crippen LogP contribution in [0.25, 0.3) is 0 Å². The molecule has 0 bridgehead atoms. The minimum Gasteiger partial charge on any atom is -0.480 e. The Morgan fingerprint density at radius 3 is 2.43 bits per heavy atom. The Labute approximate surface area is 259 Å². The number of allylic oxidation sites excluding steroid dienone is 2. The summed E-state index contributed by atoms with van der Waals surface area (Å²) in [6.07, 6.45) is 7.43. The standard InChI is InChI=1S/C32H48N2O10/c1-18(8-11-25-19(2)14-24(21(4)43-25)33-27(36)13-10-20(3)42-22(5)35)9-12-26-29(38)32(17-41-32)16-23(44-26)15-28(37)34-31(6,7)30(39)40/h8-10,12-13,19-21,23-26,29,38H,11,14-17H2,1-7H3,(H,33,36)(H,34,37)(H,39,40)/t19-,20-,21+,23+,24+,25-,26+,29+,32+/m0/s1. The molecule has 0 unspecified atom stereocenters. The van der Waals surface area contributed by atoms with Crippen molar-refractivity contribution in [3.63, 3.8) is 0 Å². The number of hydrogen-bond donors (Lipinski definition) is 4. The first kappa shape index (κ1) is 35.4. The topological polar surface area (TPSA) is 173 Å². The summed E-state index contributed by atoms with van der Waals surface area (Å²) in [5, 5.41) is 25.7. The van der Waals surface area contributed by atoms with Crippen molar-refractivity contribution in [3.05, 3.63) is 36.0 Å². The Bertz CT molecular complexity index is 1160. The number of carboxylic acids is 1. The maximum absolute atomic E-state index is 12.5. The Kier molecular flexibility index (Phi) is 11.9. The second-order valence-electron chi connectivity index (χ2n) is 12.8. The lowest BCUT2D eigenvalue weighted by atomic mass is 9.87. The Balaban J connectivity index is 1.52. The molecule has 44 heavy (non-hydrogen) atoms. The molecule has 0 aliphatic carbocycles. The third kappa shape index (κ3) is 9.98. The number of nitrogens with one attached hydrogen (secondary N) is 2. The van der Waals surface area contributed by atoms with Crippen LogP contribution in [0.1, 0.15) is 74.1 Å². The first-order valence-corrected chi connectivity index (χ1v) is 15.2. The van der Waals surface area contributed by atoms with E-state index in [1.54, 1.807) is 13.0 Å². The number of carbonyl (C=O) groups is 4. The van der Waals surface area contributed by atoms with E-state index in [0.29, 0.717) is 19.4 Å². The van der Waals surface area contributed by atoms with Gasteiger partial charge in [0.05, 0.1) is 37.4 Å². The van der Waals surface area contributed by atoms with Crippen LogP contribution in [-0.2, 0) is 38.1 Å². The average molecular weight is 621 g/mol. The summed E-state index contributed by atoms with van der Waals surface area (Å²) in [6.45, 7) is 12.2. The van der Waals surface area contributed by atoms with Crippen LogP contribution in [0.5, 0.6) is 0 Å². The Hall–Kier alpha value is -3.06. The lowest BCUT2D eigenvalue weighted by Gasteiger charge is -2.39. The lowest BCUT2D eigenvalue weighted by Crippen LogP contribution is -2.53. The fourth-order valence-corrected chi connectivity index (χ4v) is 5.55. The summed E-state index contributed by atoms with van der Waals surface area (Å²) in [7, 11) is 0. The van der Waals surface area contributed by atoms with Crippen molar-refractivity contribution >= 4 is 23.8 Å². The summed E-state index contributed by atoms with van der Waals surface area (Å²) in [5.41, 5.74) is -1.22. The Morgan fingerprint density at radius 2 is 1.82 bits per heavy atom. The molecule has 3 saturated heterocycles. The zero-order valence-electron chi connectivity index (χ0n) is 26.7. The highest BCUT2D eigenvalue weighted by atomic mass is 16.6. The molecule has 0 aromatic heterocycles. The van der Waals surface area contributed by atoms with Gasteiger partial charge in [-0.1, -0.05) is 30.7 Å². The number of hydrogen-bond acceptors (Lipinski definition) is 9. The SMILES string of the molecule is CC(=O)O[C@@H](C)C=CC(=O)N[C@@H]1C[C@H](C)[C@H](CC=C(C)C=C[C@H]2O[C@H](CC(=O)NC(C)(C)C(=O)O)C[C@@]3(CO3)[C@@H]2O)O[C@@H]1C. The van der Waals surface area contributed by atoms with Gasteiger partial charge in [0, 0.05) is 19.4 Å². The predicted molar refractivity (Wildman–Crippen MR) is 160 cm³/mol. The van der Waals surface area contributed by atoms with Crippen LogP contribution in [0.3, 0.4) is 0 Å². The second kappa shape index (κ2) is 14.8. The molecule has 0 aromatic rings. The van der Waals surface area contributed by atoms with E-state index in [-0.39, 0.29) is 36.5 Å². The van der Waals surface area contributed by atoms with Gasteiger partial charge in [-0.3, -0.25) is 14.4 Å². The number of epoxide rings is 1. The van der Waals surface area contributed by atoms with E-state index in [0.717, 1.165) is 12.0 Å². The number of carboxylic acid groups (broad SMARTS) is 1. The smallest absolute Gasteiger partial charge is 0.328 e. The van der Waals surface area contributed by atoms with Crippen LogP contribution >= 0.6 is 0 Å². The number of amides is 2. The van der Waals surface area contributed by atoms with Gasteiger partial charge in [0.15, 0.2) is 0 Å². The van der Waals surface area contributed by atoms with Crippen molar-refractivity contribution in [2.24, 2.45) is 5.92 Å². The van der Waals surface area contributed by atoms with Crippen molar-refractivity contribution in [3.8, 4) is 0 Å². The number of aliphatic hydroxyl groups is 1. The molecule has 246 valence electrons. The lowest BCUT2D eigenvalue weighted by molar-refractivity contribution is -0.151. The molecule has 3 fully saturated rings.